The Labute approximate surface area is 177 Å². The van der Waals surface area contributed by atoms with E-state index in [2.05, 4.69) is 5.32 Å². The van der Waals surface area contributed by atoms with Crippen LogP contribution in [0.2, 0.25) is 5.02 Å². The van der Waals surface area contributed by atoms with Crippen LogP contribution in [0.1, 0.15) is 16.7 Å². The highest BCUT2D eigenvalue weighted by atomic mass is 35.5. The molecule has 1 saturated heterocycles. The minimum absolute atomic E-state index is 0.0107. The van der Waals surface area contributed by atoms with Crippen LogP contribution in [0, 0.1) is 6.92 Å². The van der Waals surface area contributed by atoms with Gasteiger partial charge in [-0.1, -0.05) is 48.0 Å². The van der Waals surface area contributed by atoms with Crippen LogP contribution in [0.3, 0.4) is 0 Å². The minimum atomic E-state index is -0.117. The van der Waals surface area contributed by atoms with Gasteiger partial charge in [-0.15, -0.1) is 0 Å². The van der Waals surface area contributed by atoms with E-state index in [9.17, 15) is 9.59 Å². The van der Waals surface area contributed by atoms with E-state index in [1.165, 1.54) is 0 Å². The van der Waals surface area contributed by atoms with E-state index in [1.54, 1.807) is 14.7 Å². The van der Waals surface area contributed by atoms with Crippen molar-refractivity contribution in [3.63, 3.8) is 0 Å². The number of aryl methyl sites for hydroxylation is 1. The highest BCUT2D eigenvalue weighted by molar-refractivity contribution is 6.30. The van der Waals surface area contributed by atoms with Gasteiger partial charge in [-0.2, -0.15) is 0 Å². The van der Waals surface area contributed by atoms with Crippen LogP contribution in [0.15, 0.2) is 48.5 Å². The third-order valence-corrected chi connectivity index (χ3v) is 5.40. The molecule has 3 rings (SSSR count). The molecule has 0 aliphatic carbocycles. The van der Waals surface area contributed by atoms with Crippen molar-refractivity contribution in [2.75, 3.05) is 33.2 Å². The molecule has 1 aliphatic heterocycles. The summed E-state index contributed by atoms with van der Waals surface area (Å²) in [6.07, 6.45) is 0. The summed E-state index contributed by atoms with van der Waals surface area (Å²) in [4.78, 5) is 30.4. The molecule has 0 radical (unpaired) electrons. The maximum atomic E-state index is 12.7. The number of halogens is 1. The van der Waals surface area contributed by atoms with Crippen LogP contribution in [0.4, 0.5) is 9.59 Å². The Balaban J connectivity index is 1.46. The first-order chi connectivity index (χ1) is 13.9. The molecular weight excluding hydrogens is 388 g/mol. The number of urea groups is 2. The standard InChI is InChI=1S/C22H27ClN4O2/c1-17-8-9-20(23)14-19(17)15-24-21(28)26-10-12-27(13-11-26)22(29)25(2)16-18-6-4-3-5-7-18/h3-9,14H,10-13,15-16H2,1-2H3,(H,24,28). The maximum absolute atomic E-state index is 12.7. The molecule has 0 atom stereocenters. The first-order valence-corrected chi connectivity index (χ1v) is 10.1. The predicted octanol–water partition coefficient (Wildman–Crippen LogP) is 3.73. The molecule has 4 amide bonds. The fraction of sp³-hybridized carbons (Fsp3) is 0.364. The predicted molar refractivity (Wildman–Crippen MR) is 115 cm³/mol. The second-order valence-corrected chi connectivity index (χ2v) is 7.76. The molecule has 0 aromatic heterocycles. The molecule has 29 heavy (non-hydrogen) atoms. The van der Waals surface area contributed by atoms with Crippen molar-refractivity contribution in [3.05, 3.63) is 70.2 Å². The zero-order valence-corrected chi connectivity index (χ0v) is 17.7. The van der Waals surface area contributed by atoms with Crippen molar-refractivity contribution < 1.29 is 9.59 Å². The number of hydrogen-bond donors (Lipinski definition) is 1. The van der Waals surface area contributed by atoms with Gasteiger partial charge in [-0.3, -0.25) is 0 Å². The highest BCUT2D eigenvalue weighted by Crippen LogP contribution is 2.15. The summed E-state index contributed by atoms with van der Waals surface area (Å²) in [7, 11) is 1.81. The second-order valence-electron chi connectivity index (χ2n) is 7.33. The lowest BCUT2D eigenvalue weighted by Crippen LogP contribution is -2.55. The lowest BCUT2D eigenvalue weighted by Gasteiger charge is -2.36. The smallest absolute Gasteiger partial charge is 0.320 e. The number of hydrogen-bond acceptors (Lipinski definition) is 2. The van der Waals surface area contributed by atoms with E-state index < -0.39 is 0 Å². The van der Waals surface area contributed by atoms with Crippen LogP contribution < -0.4 is 5.32 Å². The first-order valence-electron chi connectivity index (χ1n) is 9.76. The largest absolute Gasteiger partial charge is 0.334 e. The summed E-state index contributed by atoms with van der Waals surface area (Å²) in [5, 5.41) is 3.61. The van der Waals surface area contributed by atoms with Gasteiger partial charge in [0.2, 0.25) is 0 Å². The van der Waals surface area contributed by atoms with Crippen LogP contribution in [0.25, 0.3) is 0 Å². The first kappa shape index (κ1) is 21.0. The number of benzene rings is 2. The van der Waals surface area contributed by atoms with Gasteiger partial charge in [0.15, 0.2) is 0 Å². The normalized spacial score (nSPS) is 13.9. The van der Waals surface area contributed by atoms with Gasteiger partial charge in [-0.05, 0) is 35.7 Å². The summed E-state index contributed by atoms with van der Waals surface area (Å²) in [5.74, 6) is 0. The molecule has 154 valence electrons. The van der Waals surface area contributed by atoms with Gasteiger partial charge in [0, 0.05) is 51.3 Å². The molecule has 1 fully saturated rings. The fourth-order valence-corrected chi connectivity index (χ4v) is 3.57. The average Bonchev–Trinajstić information content (AvgIpc) is 2.74. The zero-order valence-electron chi connectivity index (χ0n) is 16.9. The van der Waals surface area contributed by atoms with Crippen LogP contribution in [-0.4, -0.2) is 60.0 Å². The van der Waals surface area contributed by atoms with Crippen molar-refractivity contribution in [2.45, 2.75) is 20.0 Å². The van der Waals surface area contributed by atoms with E-state index in [1.807, 2.05) is 62.5 Å². The van der Waals surface area contributed by atoms with Crippen LogP contribution >= 0.6 is 11.6 Å². The summed E-state index contributed by atoms with van der Waals surface area (Å²) >= 11 is 6.04. The number of nitrogens with zero attached hydrogens (tertiary/aromatic N) is 3. The number of carbonyl (C=O) groups is 2. The van der Waals surface area contributed by atoms with Gasteiger partial charge in [0.25, 0.3) is 0 Å². The molecule has 1 N–H and O–H groups in total. The molecule has 2 aromatic rings. The van der Waals surface area contributed by atoms with Crippen molar-refractivity contribution in [1.29, 1.82) is 0 Å². The van der Waals surface area contributed by atoms with E-state index in [0.29, 0.717) is 44.3 Å². The molecule has 6 nitrogen and oxygen atoms in total. The molecule has 1 aliphatic rings. The fourth-order valence-electron chi connectivity index (χ4n) is 3.38. The average molecular weight is 415 g/mol. The van der Waals surface area contributed by atoms with Gasteiger partial charge in [-0.25, -0.2) is 9.59 Å². The van der Waals surface area contributed by atoms with Crippen molar-refractivity contribution >= 4 is 23.7 Å². The van der Waals surface area contributed by atoms with Crippen molar-refractivity contribution in [1.82, 2.24) is 20.0 Å². The Hall–Kier alpha value is -2.73. The summed E-state index contributed by atoms with van der Waals surface area (Å²) in [6.45, 7) is 5.09. The Morgan fingerprint density at radius 1 is 1.03 bits per heavy atom. The Morgan fingerprint density at radius 3 is 2.38 bits per heavy atom. The molecule has 0 bridgehead atoms. The Bertz CT molecular complexity index is 851. The van der Waals surface area contributed by atoms with E-state index in [4.69, 9.17) is 11.6 Å². The van der Waals surface area contributed by atoms with Gasteiger partial charge in [0.05, 0.1) is 0 Å². The summed E-state index contributed by atoms with van der Waals surface area (Å²) < 4.78 is 0. The molecule has 0 spiro atoms. The lowest BCUT2D eigenvalue weighted by atomic mass is 10.1. The van der Waals surface area contributed by atoms with E-state index in [-0.39, 0.29) is 12.1 Å². The Kier molecular flexibility index (Phi) is 6.99. The molecular formula is C22H27ClN4O2. The topological polar surface area (TPSA) is 55.9 Å². The Morgan fingerprint density at radius 2 is 1.69 bits per heavy atom. The van der Waals surface area contributed by atoms with Gasteiger partial charge >= 0.3 is 12.1 Å². The minimum Gasteiger partial charge on any atom is -0.334 e. The number of nitrogens with one attached hydrogen (secondary N) is 1. The summed E-state index contributed by atoms with van der Waals surface area (Å²) in [5.41, 5.74) is 3.19. The number of carbonyl (C=O) groups excluding carboxylic acids is 2. The van der Waals surface area contributed by atoms with E-state index in [0.717, 1.165) is 16.7 Å². The zero-order chi connectivity index (χ0) is 20.8. The quantitative estimate of drug-likeness (QED) is 0.828. The molecule has 0 unspecified atom stereocenters. The van der Waals surface area contributed by atoms with Crippen LogP contribution in [0.5, 0.6) is 0 Å². The van der Waals surface area contributed by atoms with Crippen molar-refractivity contribution in [2.24, 2.45) is 0 Å². The maximum Gasteiger partial charge on any atom is 0.320 e. The van der Waals surface area contributed by atoms with E-state index >= 15 is 0 Å². The second kappa shape index (κ2) is 9.65. The number of rotatable bonds is 4. The highest BCUT2D eigenvalue weighted by Gasteiger charge is 2.26. The molecule has 1 heterocycles. The molecule has 7 heteroatoms. The number of amides is 4. The number of piperazine rings is 1. The molecule has 2 aromatic carbocycles. The van der Waals surface area contributed by atoms with Gasteiger partial charge < -0.3 is 20.0 Å². The van der Waals surface area contributed by atoms with Crippen LogP contribution in [-0.2, 0) is 13.1 Å². The van der Waals surface area contributed by atoms with Gasteiger partial charge in [0.1, 0.15) is 0 Å². The third kappa shape index (κ3) is 5.64. The van der Waals surface area contributed by atoms with Crippen molar-refractivity contribution in [3.8, 4) is 0 Å². The summed E-state index contributed by atoms with van der Waals surface area (Å²) in [6, 6.07) is 15.4. The third-order valence-electron chi connectivity index (χ3n) is 5.17. The SMILES string of the molecule is Cc1ccc(Cl)cc1CNC(=O)N1CCN(C(=O)N(C)Cc2ccccc2)CC1. The molecule has 0 saturated carbocycles. The lowest BCUT2D eigenvalue weighted by molar-refractivity contribution is 0.123. The monoisotopic (exact) mass is 414 g/mol.